The van der Waals surface area contributed by atoms with Gasteiger partial charge in [0, 0.05) is 11.1 Å². The van der Waals surface area contributed by atoms with Gasteiger partial charge >= 0.3 is 0 Å². The fraction of sp³-hybridized carbons (Fsp3) is 0.0556. The molecule has 0 spiro atoms. The number of rotatable bonds is 3. The van der Waals surface area contributed by atoms with Gasteiger partial charge in [0.2, 0.25) is 0 Å². The average molecular weight is 297 g/mol. The van der Waals surface area contributed by atoms with Gasteiger partial charge in [-0.25, -0.2) is 0 Å². The fourth-order valence-corrected chi connectivity index (χ4v) is 2.39. The van der Waals surface area contributed by atoms with Crippen molar-refractivity contribution in [1.82, 2.24) is 0 Å². The molecule has 0 atom stereocenters. The zero-order valence-electron chi connectivity index (χ0n) is 11.3. The summed E-state index contributed by atoms with van der Waals surface area (Å²) in [6.45, 7) is 0.462. The van der Waals surface area contributed by atoms with Crippen molar-refractivity contribution in [3.8, 4) is 5.75 Å². The SMILES string of the molecule is O=C(/C=C/C1=Cc2ccccc2OC1)c1ccccc1Cl. The fourth-order valence-electron chi connectivity index (χ4n) is 2.16. The van der Waals surface area contributed by atoms with Crippen LogP contribution in [-0.4, -0.2) is 12.4 Å². The summed E-state index contributed by atoms with van der Waals surface area (Å²) >= 11 is 6.01. The number of ketones is 1. The molecule has 2 nitrogen and oxygen atoms in total. The van der Waals surface area contributed by atoms with Crippen molar-refractivity contribution >= 4 is 23.5 Å². The number of carbonyl (C=O) groups excluding carboxylic acids is 1. The Morgan fingerprint density at radius 2 is 1.86 bits per heavy atom. The standard InChI is InChI=1S/C18H13ClO2/c19-16-7-3-2-6-15(16)17(20)10-9-13-11-14-5-1-4-8-18(14)21-12-13/h1-11H,12H2/b10-9+. The zero-order valence-corrected chi connectivity index (χ0v) is 12.0. The van der Waals surface area contributed by atoms with E-state index in [1.54, 1.807) is 30.3 Å². The lowest BCUT2D eigenvalue weighted by Gasteiger charge is -2.15. The molecule has 21 heavy (non-hydrogen) atoms. The Morgan fingerprint density at radius 1 is 1.10 bits per heavy atom. The minimum atomic E-state index is -0.111. The highest BCUT2D eigenvalue weighted by Gasteiger charge is 2.10. The first kappa shape index (κ1) is 13.7. The normalized spacial score (nSPS) is 13.5. The maximum absolute atomic E-state index is 12.1. The third kappa shape index (κ3) is 3.06. The molecule has 0 N–H and O–H groups in total. The maximum Gasteiger partial charge on any atom is 0.187 e. The predicted molar refractivity (Wildman–Crippen MR) is 84.8 cm³/mol. The smallest absolute Gasteiger partial charge is 0.187 e. The van der Waals surface area contributed by atoms with Gasteiger partial charge in [-0.3, -0.25) is 4.79 Å². The number of halogens is 1. The second-order valence-electron chi connectivity index (χ2n) is 4.72. The van der Waals surface area contributed by atoms with E-state index in [2.05, 4.69) is 0 Å². The number of hydrogen-bond acceptors (Lipinski definition) is 2. The first-order valence-corrected chi connectivity index (χ1v) is 7.01. The number of para-hydroxylation sites is 1. The summed E-state index contributed by atoms with van der Waals surface area (Å²) in [6.07, 6.45) is 5.33. The molecule has 3 heteroatoms. The molecular weight excluding hydrogens is 284 g/mol. The molecule has 1 heterocycles. The molecule has 0 aliphatic carbocycles. The van der Waals surface area contributed by atoms with Crippen molar-refractivity contribution in [2.24, 2.45) is 0 Å². The van der Waals surface area contributed by atoms with Crippen LogP contribution in [0.5, 0.6) is 5.75 Å². The number of allylic oxidation sites excluding steroid dienone is 1. The van der Waals surface area contributed by atoms with Crippen LogP contribution < -0.4 is 4.74 Å². The van der Waals surface area contributed by atoms with Crippen molar-refractivity contribution in [3.63, 3.8) is 0 Å². The molecule has 1 aliphatic heterocycles. The van der Waals surface area contributed by atoms with Crippen LogP contribution in [0.2, 0.25) is 5.02 Å². The van der Waals surface area contributed by atoms with Crippen LogP contribution in [-0.2, 0) is 0 Å². The molecule has 3 rings (SSSR count). The van der Waals surface area contributed by atoms with E-state index in [9.17, 15) is 4.79 Å². The quantitative estimate of drug-likeness (QED) is 0.613. The van der Waals surface area contributed by atoms with Gasteiger partial charge in [0.1, 0.15) is 12.4 Å². The summed E-state index contributed by atoms with van der Waals surface area (Å²) in [7, 11) is 0. The van der Waals surface area contributed by atoms with Crippen molar-refractivity contribution in [2.75, 3.05) is 6.61 Å². The van der Waals surface area contributed by atoms with E-state index in [-0.39, 0.29) is 5.78 Å². The van der Waals surface area contributed by atoms with Crippen LogP contribution in [0, 0.1) is 0 Å². The van der Waals surface area contributed by atoms with Gasteiger partial charge in [0.05, 0.1) is 5.02 Å². The Bertz CT molecular complexity index is 744. The van der Waals surface area contributed by atoms with E-state index in [4.69, 9.17) is 16.3 Å². The minimum absolute atomic E-state index is 0.111. The Labute approximate surface area is 128 Å². The van der Waals surface area contributed by atoms with Gasteiger partial charge in [-0.2, -0.15) is 0 Å². The Kier molecular flexibility index (Phi) is 3.89. The largest absolute Gasteiger partial charge is 0.488 e. The molecule has 1 aliphatic rings. The summed E-state index contributed by atoms with van der Waals surface area (Å²) < 4.78 is 5.64. The molecule has 0 saturated carbocycles. The van der Waals surface area contributed by atoms with Gasteiger partial charge in [0.25, 0.3) is 0 Å². The zero-order chi connectivity index (χ0) is 14.7. The lowest BCUT2D eigenvalue weighted by Crippen LogP contribution is -2.06. The maximum atomic E-state index is 12.1. The lowest BCUT2D eigenvalue weighted by atomic mass is 10.1. The van der Waals surface area contributed by atoms with Crippen molar-refractivity contribution in [1.29, 1.82) is 0 Å². The second-order valence-corrected chi connectivity index (χ2v) is 5.13. The van der Waals surface area contributed by atoms with E-state index in [1.165, 1.54) is 6.08 Å². The first-order chi connectivity index (χ1) is 10.2. The van der Waals surface area contributed by atoms with Crippen molar-refractivity contribution in [3.05, 3.63) is 82.4 Å². The molecule has 2 aromatic rings. The summed E-state index contributed by atoms with van der Waals surface area (Å²) in [5, 5.41) is 0.464. The Morgan fingerprint density at radius 3 is 2.71 bits per heavy atom. The Hall–Kier alpha value is -2.32. The average Bonchev–Trinajstić information content (AvgIpc) is 2.53. The van der Waals surface area contributed by atoms with Crippen LogP contribution in [0.3, 0.4) is 0 Å². The molecular formula is C18H13ClO2. The van der Waals surface area contributed by atoms with Crippen LogP contribution in [0.1, 0.15) is 15.9 Å². The molecule has 0 radical (unpaired) electrons. The van der Waals surface area contributed by atoms with Crippen LogP contribution >= 0.6 is 11.6 Å². The summed E-state index contributed by atoms with van der Waals surface area (Å²) in [5.74, 6) is 0.757. The number of benzene rings is 2. The highest BCUT2D eigenvalue weighted by Crippen LogP contribution is 2.26. The molecule has 0 aromatic heterocycles. The number of carbonyl (C=O) groups is 1. The number of fused-ring (bicyclic) bond motifs is 1. The molecule has 0 amide bonds. The van der Waals surface area contributed by atoms with Crippen LogP contribution in [0.25, 0.3) is 6.08 Å². The minimum Gasteiger partial charge on any atom is -0.488 e. The molecule has 0 fully saturated rings. The third-order valence-corrected chi connectivity index (χ3v) is 3.57. The monoisotopic (exact) mass is 296 g/mol. The van der Waals surface area contributed by atoms with Gasteiger partial charge in [0.15, 0.2) is 5.78 Å². The molecule has 0 bridgehead atoms. The highest BCUT2D eigenvalue weighted by atomic mass is 35.5. The lowest BCUT2D eigenvalue weighted by molar-refractivity contribution is 0.104. The summed E-state index contributed by atoms with van der Waals surface area (Å²) in [6, 6.07) is 14.8. The summed E-state index contributed by atoms with van der Waals surface area (Å²) in [5.41, 5.74) is 2.48. The van der Waals surface area contributed by atoms with Gasteiger partial charge in [-0.1, -0.05) is 48.0 Å². The van der Waals surface area contributed by atoms with Crippen LogP contribution in [0.15, 0.2) is 66.3 Å². The third-order valence-electron chi connectivity index (χ3n) is 3.24. The van der Waals surface area contributed by atoms with E-state index >= 15 is 0 Å². The number of ether oxygens (including phenoxy) is 1. The molecule has 0 unspecified atom stereocenters. The van der Waals surface area contributed by atoms with Gasteiger partial charge in [-0.05, 0) is 35.9 Å². The van der Waals surface area contributed by atoms with Gasteiger partial charge in [-0.15, -0.1) is 0 Å². The molecule has 104 valence electrons. The van der Waals surface area contributed by atoms with E-state index in [1.807, 2.05) is 30.3 Å². The van der Waals surface area contributed by atoms with Crippen molar-refractivity contribution < 1.29 is 9.53 Å². The molecule has 0 saturated heterocycles. The van der Waals surface area contributed by atoms with E-state index in [0.717, 1.165) is 16.9 Å². The number of hydrogen-bond donors (Lipinski definition) is 0. The van der Waals surface area contributed by atoms with E-state index in [0.29, 0.717) is 17.2 Å². The van der Waals surface area contributed by atoms with Crippen LogP contribution in [0.4, 0.5) is 0 Å². The topological polar surface area (TPSA) is 26.3 Å². The first-order valence-electron chi connectivity index (χ1n) is 6.63. The Balaban J connectivity index is 1.80. The second kappa shape index (κ2) is 5.98. The summed E-state index contributed by atoms with van der Waals surface area (Å²) in [4.78, 5) is 12.1. The highest BCUT2D eigenvalue weighted by molar-refractivity contribution is 6.34. The molecule has 2 aromatic carbocycles. The van der Waals surface area contributed by atoms with Crippen molar-refractivity contribution in [2.45, 2.75) is 0 Å². The predicted octanol–water partition coefficient (Wildman–Crippen LogP) is 4.55. The van der Waals surface area contributed by atoms with E-state index < -0.39 is 0 Å². The van der Waals surface area contributed by atoms with Gasteiger partial charge < -0.3 is 4.74 Å².